The van der Waals surface area contributed by atoms with Gasteiger partial charge in [0.05, 0.1) is 0 Å². The molecule has 1 aromatic carbocycles. The normalized spacial score (nSPS) is 29.3. The number of benzene rings is 1. The van der Waals surface area contributed by atoms with E-state index in [-0.39, 0.29) is 18.3 Å². The van der Waals surface area contributed by atoms with Gasteiger partial charge in [-0.3, -0.25) is 4.79 Å². The Labute approximate surface area is 179 Å². The molecule has 3 fully saturated rings. The average Bonchev–Trinajstić information content (AvgIpc) is 3.23. The Hall–Kier alpha value is -1.49. The van der Waals surface area contributed by atoms with Crippen LogP contribution in [0.4, 0.5) is 8.78 Å². The van der Waals surface area contributed by atoms with Crippen molar-refractivity contribution in [3.05, 3.63) is 35.9 Å². The van der Waals surface area contributed by atoms with Gasteiger partial charge in [0.1, 0.15) is 0 Å². The van der Waals surface area contributed by atoms with Crippen molar-refractivity contribution in [2.75, 3.05) is 32.7 Å². The smallest absolute Gasteiger partial charge is 0.248 e. The molecule has 4 rings (SSSR count). The second-order valence-electron chi connectivity index (χ2n) is 10.1. The molecule has 1 amide bonds. The maximum atomic E-state index is 13.5. The van der Waals surface area contributed by atoms with E-state index in [1.165, 1.54) is 5.56 Å². The van der Waals surface area contributed by atoms with Crippen LogP contribution < -0.4 is 0 Å². The molecule has 2 atom stereocenters. The third kappa shape index (κ3) is 4.87. The van der Waals surface area contributed by atoms with Crippen LogP contribution in [-0.4, -0.2) is 54.4 Å². The summed E-state index contributed by atoms with van der Waals surface area (Å²) in [6, 6.07) is 10.6. The van der Waals surface area contributed by atoms with E-state index in [2.05, 4.69) is 47.1 Å². The second kappa shape index (κ2) is 8.94. The lowest BCUT2D eigenvalue weighted by Crippen LogP contribution is -2.39. The van der Waals surface area contributed by atoms with Crippen LogP contribution in [0.15, 0.2) is 30.3 Å². The Bertz CT molecular complexity index is 715. The fourth-order valence-electron chi connectivity index (χ4n) is 6.03. The van der Waals surface area contributed by atoms with E-state index in [1.807, 2.05) is 0 Å². The standard InChI is InChI=1S/C25H36F2N2O/c1-2-6-23(30)29-17-22-16-28(15-21-10-13-25(26,27)14-11-21)18-24(22,19-29)12-9-20-7-4-3-5-8-20/h3-5,7-8,21-22H,2,6,9-19H2,1H3/t22-,24+/m0/s1. The number of hydrogen-bond acceptors (Lipinski definition) is 2. The number of likely N-dealkylation sites (tertiary alicyclic amines) is 2. The van der Waals surface area contributed by atoms with Crippen LogP contribution in [0.3, 0.4) is 0 Å². The topological polar surface area (TPSA) is 23.6 Å². The third-order valence-electron chi connectivity index (χ3n) is 7.75. The molecule has 166 valence electrons. The summed E-state index contributed by atoms with van der Waals surface area (Å²) in [5.74, 6) is -1.25. The minimum Gasteiger partial charge on any atom is -0.342 e. The molecule has 1 aromatic rings. The van der Waals surface area contributed by atoms with Gasteiger partial charge in [-0.15, -0.1) is 0 Å². The van der Waals surface area contributed by atoms with Crippen molar-refractivity contribution >= 4 is 5.91 Å². The Balaban J connectivity index is 1.41. The Morgan fingerprint density at radius 3 is 2.53 bits per heavy atom. The summed E-state index contributed by atoms with van der Waals surface area (Å²) in [5.41, 5.74) is 1.51. The number of fused-ring (bicyclic) bond motifs is 1. The molecule has 3 nitrogen and oxygen atoms in total. The summed E-state index contributed by atoms with van der Waals surface area (Å²) in [6.07, 6.45) is 5.06. The summed E-state index contributed by atoms with van der Waals surface area (Å²) >= 11 is 0. The zero-order valence-corrected chi connectivity index (χ0v) is 18.3. The summed E-state index contributed by atoms with van der Waals surface area (Å²) in [4.78, 5) is 17.2. The molecule has 0 N–H and O–H groups in total. The molecule has 2 heterocycles. The quantitative estimate of drug-likeness (QED) is 0.622. The Kier molecular flexibility index (Phi) is 6.47. The van der Waals surface area contributed by atoms with Gasteiger partial charge in [0.2, 0.25) is 11.8 Å². The van der Waals surface area contributed by atoms with Gasteiger partial charge < -0.3 is 9.80 Å². The molecule has 1 saturated carbocycles. The molecule has 30 heavy (non-hydrogen) atoms. The predicted molar refractivity (Wildman–Crippen MR) is 116 cm³/mol. The van der Waals surface area contributed by atoms with Crippen LogP contribution in [0.2, 0.25) is 0 Å². The van der Waals surface area contributed by atoms with Gasteiger partial charge in [-0.25, -0.2) is 8.78 Å². The number of carbonyl (C=O) groups is 1. The average molecular weight is 419 g/mol. The third-order valence-corrected chi connectivity index (χ3v) is 7.75. The van der Waals surface area contributed by atoms with Gasteiger partial charge in [-0.1, -0.05) is 37.3 Å². The largest absolute Gasteiger partial charge is 0.342 e. The van der Waals surface area contributed by atoms with Crippen molar-refractivity contribution < 1.29 is 13.6 Å². The Morgan fingerprint density at radius 2 is 1.83 bits per heavy atom. The highest BCUT2D eigenvalue weighted by Crippen LogP contribution is 2.47. The maximum Gasteiger partial charge on any atom is 0.248 e. The number of halogens is 2. The summed E-state index contributed by atoms with van der Waals surface area (Å²) < 4.78 is 27.1. The first-order chi connectivity index (χ1) is 14.4. The first kappa shape index (κ1) is 21.7. The van der Waals surface area contributed by atoms with Crippen LogP contribution in [0.25, 0.3) is 0 Å². The first-order valence-corrected chi connectivity index (χ1v) is 11.8. The molecule has 0 spiro atoms. The number of hydrogen-bond donors (Lipinski definition) is 0. The molecule has 2 aliphatic heterocycles. The number of amides is 1. The van der Waals surface area contributed by atoms with Gasteiger partial charge in [0, 0.05) is 57.4 Å². The van der Waals surface area contributed by atoms with Crippen LogP contribution in [0.1, 0.15) is 57.4 Å². The van der Waals surface area contributed by atoms with Crippen LogP contribution in [-0.2, 0) is 11.2 Å². The van der Waals surface area contributed by atoms with Crippen molar-refractivity contribution in [1.29, 1.82) is 0 Å². The molecule has 2 saturated heterocycles. The lowest BCUT2D eigenvalue weighted by Gasteiger charge is -2.33. The minimum atomic E-state index is -2.45. The zero-order valence-electron chi connectivity index (χ0n) is 18.3. The van der Waals surface area contributed by atoms with E-state index >= 15 is 0 Å². The summed E-state index contributed by atoms with van der Waals surface area (Å²) in [6.45, 7) is 6.76. The van der Waals surface area contributed by atoms with Crippen molar-refractivity contribution in [2.45, 2.75) is 64.2 Å². The molecule has 5 heteroatoms. The summed E-state index contributed by atoms with van der Waals surface area (Å²) in [7, 11) is 0. The molecular weight excluding hydrogens is 382 g/mol. The first-order valence-electron chi connectivity index (χ1n) is 11.8. The number of alkyl halides is 2. The van der Waals surface area contributed by atoms with Crippen molar-refractivity contribution in [3.63, 3.8) is 0 Å². The highest BCUT2D eigenvalue weighted by molar-refractivity contribution is 5.76. The fourth-order valence-corrected chi connectivity index (χ4v) is 6.03. The van der Waals surface area contributed by atoms with E-state index in [4.69, 9.17) is 0 Å². The SMILES string of the molecule is CCCC(=O)N1C[C@@H]2CN(CC3CCC(F)(F)CC3)C[C@]2(CCc2ccccc2)C1. The molecule has 3 aliphatic rings. The van der Waals surface area contributed by atoms with Gasteiger partial charge in [-0.05, 0) is 49.5 Å². The minimum absolute atomic E-state index is 0.0490. The monoisotopic (exact) mass is 418 g/mol. The number of rotatable bonds is 7. The number of nitrogens with zero attached hydrogens (tertiary/aromatic N) is 2. The van der Waals surface area contributed by atoms with Gasteiger partial charge in [-0.2, -0.15) is 0 Å². The molecule has 0 bridgehead atoms. The molecule has 0 unspecified atom stereocenters. The lowest BCUT2D eigenvalue weighted by atomic mass is 9.76. The van der Waals surface area contributed by atoms with Crippen molar-refractivity contribution in [1.82, 2.24) is 9.80 Å². The van der Waals surface area contributed by atoms with Gasteiger partial charge >= 0.3 is 0 Å². The molecule has 0 aromatic heterocycles. The van der Waals surface area contributed by atoms with E-state index in [9.17, 15) is 13.6 Å². The predicted octanol–water partition coefficient (Wildman–Crippen LogP) is 5.01. The second-order valence-corrected chi connectivity index (χ2v) is 10.1. The fraction of sp³-hybridized carbons (Fsp3) is 0.720. The van der Waals surface area contributed by atoms with Crippen LogP contribution in [0.5, 0.6) is 0 Å². The van der Waals surface area contributed by atoms with Crippen molar-refractivity contribution in [2.24, 2.45) is 17.3 Å². The van der Waals surface area contributed by atoms with Gasteiger partial charge in [0.25, 0.3) is 0 Å². The maximum absolute atomic E-state index is 13.5. The van der Waals surface area contributed by atoms with E-state index < -0.39 is 5.92 Å². The molecule has 1 aliphatic carbocycles. The lowest BCUT2D eigenvalue weighted by molar-refractivity contribution is -0.130. The zero-order chi connectivity index (χ0) is 21.2. The highest BCUT2D eigenvalue weighted by atomic mass is 19.3. The van der Waals surface area contributed by atoms with Gasteiger partial charge in [0.15, 0.2) is 0 Å². The van der Waals surface area contributed by atoms with Crippen molar-refractivity contribution in [3.8, 4) is 0 Å². The number of aryl methyl sites for hydroxylation is 1. The summed E-state index contributed by atoms with van der Waals surface area (Å²) in [5, 5.41) is 0. The Morgan fingerprint density at radius 1 is 1.10 bits per heavy atom. The van der Waals surface area contributed by atoms with E-state index in [0.717, 1.165) is 52.0 Å². The highest BCUT2D eigenvalue weighted by Gasteiger charge is 2.53. The molecule has 0 radical (unpaired) electrons. The van der Waals surface area contributed by atoms with E-state index in [0.29, 0.717) is 37.0 Å². The van der Waals surface area contributed by atoms with Crippen LogP contribution in [0, 0.1) is 17.3 Å². The number of carbonyl (C=O) groups excluding carboxylic acids is 1. The van der Waals surface area contributed by atoms with E-state index in [1.54, 1.807) is 0 Å². The van der Waals surface area contributed by atoms with Crippen LogP contribution >= 0.6 is 0 Å². The molecular formula is C25H36F2N2O.